The van der Waals surface area contributed by atoms with Gasteiger partial charge in [-0.2, -0.15) is 0 Å². The summed E-state index contributed by atoms with van der Waals surface area (Å²) < 4.78 is 40.3. The molecule has 1 fully saturated rings. The van der Waals surface area contributed by atoms with Crippen LogP contribution in [-0.2, 0) is 10.3 Å². The highest BCUT2D eigenvalue weighted by Crippen LogP contribution is 2.65. The molecule has 2 N–H and O–H groups in total. The van der Waals surface area contributed by atoms with Gasteiger partial charge in [0.25, 0.3) is 0 Å². The van der Waals surface area contributed by atoms with Gasteiger partial charge in [-0.1, -0.05) is 23.7 Å². The topological polar surface area (TPSA) is 82.6 Å². The molecular formula is C24H24F2N4O2S. The highest BCUT2D eigenvalue weighted by atomic mass is 32.2. The Balaban J connectivity index is 1.60. The number of rotatable bonds is 7. The second kappa shape index (κ2) is 9.12. The Labute approximate surface area is 195 Å². The quantitative estimate of drug-likeness (QED) is 0.612. The molecule has 0 radical (unpaired) electrons. The molecule has 0 amide bonds. The van der Waals surface area contributed by atoms with Crippen LogP contribution in [-0.4, -0.2) is 40.2 Å². The van der Waals surface area contributed by atoms with Crippen LogP contribution in [0.3, 0.4) is 0 Å². The Morgan fingerprint density at radius 3 is 2.88 bits per heavy atom. The zero-order chi connectivity index (χ0) is 23.6. The van der Waals surface area contributed by atoms with Crippen molar-refractivity contribution < 1.29 is 18.3 Å². The van der Waals surface area contributed by atoms with Gasteiger partial charge in [0.1, 0.15) is 11.5 Å². The van der Waals surface area contributed by atoms with Gasteiger partial charge >= 0.3 is 0 Å². The summed E-state index contributed by atoms with van der Waals surface area (Å²) in [6.07, 6.45) is 4.71. The molecule has 1 aromatic carbocycles. The van der Waals surface area contributed by atoms with Crippen LogP contribution in [0.2, 0.25) is 0 Å². The molecule has 1 aromatic heterocycles. The number of ether oxygens (including phenoxy) is 2. The molecule has 0 bridgehead atoms. The van der Waals surface area contributed by atoms with E-state index in [4.69, 9.17) is 15.2 Å². The number of amidine groups is 1. The van der Waals surface area contributed by atoms with E-state index in [9.17, 15) is 8.78 Å². The molecule has 172 valence electrons. The van der Waals surface area contributed by atoms with Crippen molar-refractivity contribution in [1.82, 2.24) is 9.97 Å². The number of nitrogens with zero attached hydrogens (tertiary/aromatic N) is 3. The van der Waals surface area contributed by atoms with Gasteiger partial charge in [0.2, 0.25) is 5.88 Å². The molecule has 2 aliphatic rings. The lowest BCUT2D eigenvalue weighted by Gasteiger charge is -2.34. The maximum absolute atomic E-state index is 15.0. The van der Waals surface area contributed by atoms with Gasteiger partial charge < -0.3 is 15.2 Å². The number of hydrogen-bond donors (Lipinski definition) is 1. The van der Waals surface area contributed by atoms with Crippen molar-refractivity contribution in [3.8, 4) is 17.7 Å². The third-order valence-corrected chi connectivity index (χ3v) is 7.19. The first-order valence-corrected chi connectivity index (χ1v) is 11.2. The molecule has 1 aliphatic heterocycles. The second-order valence-corrected chi connectivity index (χ2v) is 9.58. The van der Waals surface area contributed by atoms with Crippen molar-refractivity contribution in [2.24, 2.45) is 16.6 Å². The molecule has 2 aromatic rings. The molecule has 2 heterocycles. The SMILES string of the molecule is CC#CCOc1cnc(/C(F)=C/c2ccc(F)c([C@@]3(C)N=C(N)S[C@@]4(COC)C[C@H]43)c2)cn1. The van der Waals surface area contributed by atoms with E-state index in [2.05, 4.69) is 26.8 Å². The number of halogens is 2. The zero-order valence-electron chi connectivity index (χ0n) is 18.6. The summed E-state index contributed by atoms with van der Waals surface area (Å²) in [4.78, 5) is 12.7. The van der Waals surface area contributed by atoms with E-state index in [1.54, 1.807) is 20.1 Å². The molecule has 1 saturated carbocycles. The fraction of sp³-hybridized carbons (Fsp3) is 0.375. The average Bonchev–Trinajstić information content (AvgIpc) is 3.50. The van der Waals surface area contributed by atoms with Gasteiger partial charge in [0, 0.05) is 18.6 Å². The number of aliphatic imine (C=N–C) groups is 1. The Hall–Kier alpha value is -2.96. The summed E-state index contributed by atoms with van der Waals surface area (Å²) in [5, 5.41) is 0.400. The lowest BCUT2D eigenvalue weighted by molar-refractivity contribution is 0.184. The zero-order valence-corrected chi connectivity index (χ0v) is 19.4. The minimum Gasteiger partial charge on any atom is -0.463 e. The molecule has 9 heteroatoms. The van der Waals surface area contributed by atoms with Crippen molar-refractivity contribution in [3.05, 3.63) is 53.2 Å². The first-order chi connectivity index (χ1) is 15.8. The van der Waals surface area contributed by atoms with Gasteiger partial charge in [-0.15, -0.1) is 5.92 Å². The highest BCUT2D eigenvalue weighted by molar-refractivity contribution is 8.15. The van der Waals surface area contributed by atoms with Gasteiger partial charge in [-0.3, -0.25) is 4.99 Å². The van der Waals surface area contributed by atoms with Crippen LogP contribution >= 0.6 is 11.8 Å². The fourth-order valence-corrected chi connectivity index (χ4v) is 5.72. The molecule has 1 aliphatic carbocycles. The normalized spacial score (nSPS) is 26.0. The van der Waals surface area contributed by atoms with E-state index < -0.39 is 17.2 Å². The highest BCUT2D eigenvalue weighted by Gasteiger charge is 2.66. The molecule has 3 atom stereocenters. The van der Waals surface area contributed by atoms with E-state index in [-0.39, 0.29) is 28.8 Å². The molecule has 6 nitrogen and oxygen atoms in total. The molecule has 0 saturated heterocycles. The predicted molar refractivity (Wildman–Crippen MR) is 126 cm³/mol. The largest absolute Gasteiger partial charge is 0.463 e. The van der Waals surface area contributed by atoms with Gasteiger partial charge in [0.05, 0.1) is 29.3 Å². The lowest BCUT2D eigenvalue weighted by atomic mass is 9.85. The first-order valence-electron chi connectivity index (χ1n) is 10.4. The van der Waals surface area contributed by atoms with Crippen molar-refractivity contribution in [2.75, 3.05) is 20.3 Å². The minimum absolute atomic E-state index is 0.0404. The monoisotopic (exact) mass is 470 g/mol. The number of methoxy groups -OCH3 is 1. The van der Waals surface area contributed by atoms with E-state index in [1.807, 2.05) is 6.92 Å². The van der Waals surface area contributed by atoms with Crippen molar-refractivity contribution >= 4 is 28.8 Å². The van der Waals surface area contributed by atoms with E-state index >= 15 is 0 Å². The number of benzene rings is 1. The predicted octanol–water partition coefficient (Wildman–Crippen LogP) is 4.17. The van der Waals surface area contributed by atoms with Crippen LogP contribution in [0.1, 0.15) is 37.1 Å². The number of thioether (sulfide) groups is 1. The summed E-state index contributed by atoms with van der Waals surface area (Å²) in [5.74, 6) is 4.75. The summed E-state index contributed by atoms with van der Waals surface area (Å²) in [6, 6.07) is 4.45. The summed E-state index contributed by atoms with van der Waals surface area (Å²) in [6.45, 7) is 4.26. The van der Waals surface area contributed by atoms with Crippen LogP contribution in [0.5, 0.6) is 5.88 Å². The number of fused-ring (bicyclic) bond motifs is 1. The molecule has 4 rings (SSSR count). The maximum atomic E-state index is 15.0. The van der Waals surface area contributed by atoms with Crippen LogP contribution in [0.4, 0.5) is 8.78 Å². The maximum Gasteiger partial charge on any atom is 0.233 e. The van der Waals surface area contributed by atoms with Crippen LogP contribution in [0, 0.1) is 23.6 Å². The Bertz CT molecular complexity index is 1180. The average molecular weight is 471 g/mol. The Morgan fingerprint density at radius 1 is 1.36 bits per heavy atom. The Kier molecular flexibility index (Phi) is 6.41. The summed E-state index contributed by atoms with van der Waals surface area (Å²) in [7, 11) is 1.64. The number of hydrogen-bond acceptors (Lipinski definition) is 7. The molecule has 0 spiro atoms. The van der Waals surface area contributed by atoms with Gasteiger partial charge in [-0.05, 0) is 44.0 Å². The number of nitrogens with two attached hydrogens (primary N) is 1. The van der Waals surface area contributed by atoms with Gasteiger partial charge in [0.15, 0.2) is 17.6 Å². The molecular weight excluding hydrogens is 446 g/mol. The Morgan fingerprint density at radius 2 is 2.18 bits per heavy atom. The minimum atomic E-state index is -0.863. The van der Waals surface area contributed by atoms with Crippen molar-refractivity contribution in [3.63, 3.8) is 0 Å². The van der Waals surface area contributed by atoms with E-state index in [0.717, 1.165) is 6.42 Å². The van der Waals surface area contributed by atoms with Crippen LogP contribution in [0.25, 0.3) is 11.9 Å². The van der Waals surface area contributed by atoms with Crippen LogP contribution < -0.4 is 10.5 Å². The summed E-state index contributed by atoms with van der Waals surface area (Å²) in [5.41, 5.74) is 6.14. The molecule has 33 heavy (non-hydrogen) atoms. The molecule has 0 unspecified atom stereocenters. The first kappa shape index (κ1) is 23.2. The summed E-state index contributed by atoms with van der Waals surface area (Å²) >= 11 is 1.48. The van der Waals surface area contributed by atoms with Crippen molar-refractivity contribution in [2.45, 2.75) is 30.6 Å². The lowest BCUT2D eigenvalue weighted by Crippen LogP contribution is -2.37. The smallest absolute Gasteiger partial charge is 0.233 e. The number of aromatic nitrogens is 2. The fourth-order valence-electron chi connectivity index (χ4n) is 4.27. The third kappa shape index (κ3) is 4.59. The van der Waals surface area contributed by atoms with E-state index in [1.165, 1.54) is 42.4 Å². The van der Waals surface area contributed by atoms with Gasteiger partial charge in [-0.25, -0.2) is 18.7 Å². The third-order valence-electron chi connectivity index (χ3n) is 5.91. The van der Waals surface area contributed by atoms with Crippen molar-refractivity contribution in [1.29, 1.82) is 0 Å². The van der Waals surface area contributed by atoms with Crippen LogP contribution in [0.15, 0.2) is 35.6 Å². The standard InChI is InChI=1S/C24H24F2N4O2S/c1-4-5-8-32-21-13-28-19(12-29-21)18(26)10-15-6-7-17(25)16(9-15)23(2)20-11-24(20,14-31-3)33-22(27)30-23/h6-7,9-10,12-13,20H,8,11,14H2,1-3H3,(H2,27,30)/b18-10-/t20-,23+,24+/m0/s1. The van der Waals surface area contributed by atoms with E-state index in [0.29, 0.717) is 22.9 Å². The second-order valence-electron chi connectivity index (χ2n) is 8.14.